The Bertz CT molecular complexity index is 1040. The Labute approximate surface area is 198 Å². The quantitative estimate of drug-likeness (QED) is 0.362. The number of nitrogens with one attached hydrogen (secondary N) is 2. The predicted octanol–water partition coefficient (Wildman–Crippen LogP) is 6.50. The number of rotatable bonds is 6. The van der Waals surface area contributed by atoms with Gasteiger partial charge in [-0.2, -0.15) is 0 Å². The van der Waals surface area contributed by atoms with Crippen LogP contribution >= 0.6 is 51.3 Å². The minimum atomic E-state index is -0.392. The van der Waals surface area contributed by atoms with E-state index in [0.717, 1.165) is 16.5 Å². The van der Waals surface area contributed by atoms with Crippen LogP contribution in [0.15, 0.2) is 71.2 Å². The molecule has 0 aliphatic rings. The molecular weight excluding hydrogens is 507 g/mol. The third kappa shape index (κ3) is 6.71. The van der Waals surface area contributed by atoms with Crippen LogP contribution in [0.4, 0.5) is 5.69 Å². The lowest BCUT2D eigenvalue weighted by molar-refractivity contribution is 0.0973. The summed E-state index contributed by atoms with van der Waals surface area (Å²) in [6.07, 6.45) is 0.730. The average molecular weight is 524 g/mol. The van der Waals surface area contributed by atoms with E-state index in [-0.39, 0.29) is 5.11 Å². The van der Waals surface area contributed by atoms with Gasteiger partial charge in [0.1, 0.15) is 5.75 Å². The van der Waals surface area contributed by atoms with Crippen molar-refractivity contribution in [2.45, 2.75) is 6.42 Å². The third-order valence-electron chi connectivity index (χ3n) is 4.02. The minimum absolute atomic E-state index is 0.119. The number of amides is 1. The fraction of sp³-hybridized carbons (Fsp3) is 0.0909. The van der Waals surface area contributed by atoms with Crippen molar-refractivity contribution in [3.8, 4) is 5.75 Å². The summed E-state index contributed by atoms with van der Waals surface area (Å²) in [6, 6.07) is 20.2. The molecule has 3 aromatic rings. The van der Waals surface area contributed by atoms with E-state index in [1.165, 1.54) is 0 Å². The van der Waals surface area contributed by atoms with Gasteiger partial charge in [-0.1, -0.05) is 69.5 Å². The highest BCUT2D eigenvalue weighted by molar-refractivity contribution is 9.10. The van der Waals surface area contributed by atoms with Gasteiger partial charge < -0.3 is 10.1 Å². The zero-order chi connectivity index (χ0) is 21.5. The molecule has 0 spiro atoms. The van der Waals surface area contributed by atoms with Crippen molar-refractivity contribution < 1.29 is 9.53 Å². The lowest BCUT2D eigenvalue weighted by Crippen LogP contribution is -2.34. The summed E-state index contributed by atoms with van der Waals surface area (Å²) in [5, 5.41) is 6.59. The molecule has 4 nitrogen and oxygen atoms in total. The van der Waals surface area contributed by atoms with E-state index in [4.69, 9.17) is 40.2 Å². The largest absolute Gasteiger partial charge is 0.492 e. The van der Waals surface area contributed by atoms with Gasteiger partial charge in [0.05, 0.1) is 12.2 Å². The molecule has 0 aromatic heterocycles. The van der Waals surface area contributed by atoms with Gasteiger partial charge >= 0.3 is 0 Å². The van der Waals surface area contributed by atoms with Gasteiger partial charge in [0.2, 0.25) is 0 Å². The monoisotopic (exact) mass is 522 g/mol. The van der Waals surface area contributed by atoms with Crippen LogP contribution in [0.3, 0.4) is 0 Å². The number of hydrogen-bond donors (Lipinski definition) is 2. The fourth-order valence-electron chi connectivity index (χ4n) is 2.69. The number of anilines is 1. The Hall–Kier alpha value is -2.12. The van der Waals surface area contributed by atoms with Gasteiger partial charge in [-0.25, -0.2) is 0 Å². The number of thiocarbonyl (C=S) groups is 1. The number of benzene rings is 3. The zero-order valence-electron chi connectivity index (χ0n) is 15.6. The lowest BCUT2D eigenvalue weighted by Gasteiger charge is -2.14. The third-order valence-corrected chi connectivity index (χ3v) is 5.16. The number of halogens is 3. The molecule has 1 amide bonds. The molecule has 0 atom stereocenters. The normalized spacial score (nSPS) is 10.4. The van der Waals surface area contributed by atoms with E-state index < -0.39 is 5.91 Å². The molecule has 0 heterocycles. The summed E-state index contributed by atoms with van der Waals surface area (Å²) >= 11 is 20.6. The van der Waals surface area contributed by atoms with E-state index in [2.05, 4.69) is 26.6 Å². The van der Waals surface area contributed by atoms with E-state index in [0.29, 0.717) is 33.7 Å². The molecule has 0 saturated carbocycles. The van der Waals surface area contributed by atoms with Gasteiger partial charge in [-0.3, -0.25) is 10.1 Å². The van der Waals surface area contributed by atoms with Crippen molar-refractivity contribution in [1.29, 1.82) is 0 Å². The molecule has 0 fully saturated rings. The summed E-state index contributed by atoms with van der Waals surface area (Å²) in [7, 11) is 0. The molecule has 0 bridgehead atoms. The molecule has 154 valence electrons. The van der Waals surface area contributed by atoms with Crippen LogP contribution < -0.4 is 15.4 Å². The van der Waals surface area contributed by atoms with E-state index in [9.17, 15) is 4.79 Å². The maximum Gasteiger partial charge on any atom is 0.261 e. The molecule has 0 aliphatic carbocycles. The topological polar surface area (TPSA) is 50.4 Å². The van der Waals surface area contributed by atoms with Crippen LogP contribution in [0, 0.1) is 0 Å². The highest BCUT2D eigenvalue weighted by atomic mass is 79.9. The molecule has 2 N–H and O–H groups in total. The second kappa shape index (κ2) is 10.8. The molecule has 8 heteroatoms. The van der Waals surface area contributed by atoms with Crippen molar-refractivity contribution in [2.75, 3.05) is 11.9 Å². The molecule has 0 radical (unpaired) electrons. The smallest absolute Gasteiger partial charge is 0.261 e. The Morgan fingerprint density at radius 2 is 1.70 bits per heavy atom. The molecule has 30 heavy (non-hydrogen) atoms. The Morgan fingerprint density at radius 1 is 1.00 bits per heavy atom. The molecule has 3 aromatic carbocycles. The van der Waals surface area contributed by atoms with E-state index >= 15 is 0 Å². The highest BCUT2D eigenvalue weighted by Crippen LogP contribution is 2.24. The van der Waals surface area contributed by atoms with Gasteiger partial charge in [-0.15, -0.1) is 0 Å². The molecule has 0 saturated heterocycles. The van der Waals surface area contributed by atoms with Crippen molar-refractivity contribution in [2.24, 2.45) is 0 Å². The van der Waals surface area contributed by atoms with Crippen LogP contribution in [0.5, 0.6) is 5.75 Å². The second-order valence-electron chi connectivity index (χ2n) is 6.29. The summed E-state index contributed by atoms with van der Waals surface area (Å²) in [6.45, 7) is 0.440. The standard InChI is InChI=1S/C22H17BrCl2N2O2S/c23-15-6-7-20(29-9-8-14-4-2-1-3-5-14)19(10-15)21(28)27-22(30)26-18-12-16(24)11-17(25)13-18/h1-7,10-13H,8-9H2,(H2,26,27,28,30). The van der Waals surface area contributed by atoms with Crippen LogP contribution in [0.1, 0.15) is 15.9 Å². The summed E-state index contributed by atoms with van der Waals surface area (Å²) < 4.78 is 6.62. The van der Waals surface area contributed by atoms with Gasteiger partial charge in [-0.05, 0) is 54.2 Å². The van der Waals surface area contributed by atoms with Crippen molar-refractivity contribution in [3.05, 3.63) is 92.4 Å². The number of carbonyl (C=O) groups excluding carboxylic acids is 1. The SMILES string of the molecule is O=C(NC(=S)Nc1cc(Cl)cc(Cl)c1)c1cc(Br)ccc1OCCc1ccccc1. The highest BCUT2D eigenvalue weighted by Gasteiger charge is 2.15. The van der Waals surface area contributed by atoms with Crippen molar-refractivity contribution >= 4 is 68.1 Å². The number of carbonyl (C=O) groups is 1. The molecule has 0 aliphatic heterocycles. The van der Waals surface area contributed by atoms with Gasteiger partial charge in [0, 0.05) is 26.6 Å². The van der Waals surface area contributed by atoms with Gasteiger partial charge in [0.25, 0.3) is 5.91 Å². The first kappa shape index (κ1) is 22.6. The first-order chi connectivity index (χ1) is 14.4. The first-order valence-electron chi connectivity index (χ1n) is 8.95. The van der Waals surface area contributed by atoms with Crippen molar-refractivity contribution in [3.63, 3.8) is 0 Å². The lowest BCUT2D eigenvalue weighted by atomic mass is 10.1. The van der Waals surface area contributed by atoms with Crippen LogP contribution in [0.2, 0.25) is 10.0 Å². The fourth-order valence-corrected chi connectivity index (χ4v) is 3.79. The summed E-state index contributed by atoms with van der Waals surface area (Å²) in [5.41, 5.74) is 2.10. The van der Waals surface area contributed by atoms with Gasteiger partial charge in [0.15, 0.2) is 5.11 Å². The molecular formula is C22H17BrCl2N2O2S. The Morgan fingerprint density at radius 3 is 2.40 bits per heavy atom. The second-order valence-corrected chi connectivity index (χ2v) is 8.49. The maximum atomic E-state index is 12.8. The van der Waals surface area contributed by atoms with Crippen LogP contribution in [-0.2, 0) is 6.42 Å². The molecule has 3 rings (SSSR count). The van der Waals surface area contributed by atoms with Crippen LogP contribution in [-0.4, -0.2) is 17.6 Å². The summed E-state index contributed by atoms with van der Waals surface area (Å²) in [4.78, 5) is 12.8. The van der Waals surface area contributed by atoms with E-state index in [1.807, 2.05) is 36.4 Å². The molecule has 0 unspecified atom stereocenters. The number of hydrogen-bond acceptors (Lipinski definition) is 3. The first-order valence-corrected chi connectivity index (χ1v) is 10.9. The minimum Gasteiger partial charge on any atom is -0.492 e. The maximum absolute atomic E-state index is 12.8. The summed E-state index contributed by atoms with van der Waals surface area (Å²) in [5.74, 6) is 0.0804. The van der Waals surface area contributed by atoms with Crippen LogP contribution in [0.25, 0.3) is 0 Å². The number of ether oxygens (including phenoxy) is 1. The zero-order valence-corrected chi connectivity index (χ0v) is 19.5. The Kier molecular flexibility index (Phi) is 8.10. The predicted molar refractivity (Wildman–Crippen MR) is 130 cm³/mol. The van der Waals surface area contributed by atoms with Crippen molar-refractivity contribution in [1.82, 2.24) is 5.32 Å². The Balaban J connectivity index is 1.65. The average Bonchev–Trinajstić information content (AvgIpc) is 2.69. The van der Waals surface area contributed by atoms with E-state index in [1.54, 1.807) is 30.3 Å².